The summed E-state index contributed by atoms with van der Waals surface area (Å²) in [4.78, 5) is 0. The van der Waals surface area contributed by atoms with Crippen molar-refractivity contribution in [1.29, 1.82) is 0 Å². The molecule has 1 aliphatic carbocycles. The molecule has 175 valence electrons. The predicted molar refractivity (Wildman–Crippen MR) is 106 cm³/mol. The predicted octanol–water partition coefficient (Wildman–Crippen LogP) is 3.54. The highest BCUT2D eigenvalue weighted by molar-refractivity contribution is 7.67. The van der Waals surface area contributed by atoms with Gasteiger partial charge in [-0.15, -0.1) is 0 Å². The van der Waals surface area contributed by atoms with Crippen LogP contribution in [0.1, 0.15) is 25.7 Å². The first-order valence-electron chi connectivity index (χ1n) is 8.94. The largest absolute Gasteiger partial charge is 0.492 e. The first-order chi connectivity index (χ1) is 13.7. The molecule has 12 nitrogen and oxygen atoms in total. The van der Waals surface area contributed by atoms with E-state index in [-0.39, 0.29) is 27.2 Å². The molecule has 30 heavy (non-hydrogen) atoms. The summed E-state index contributed by atoms with van der Waals surface area (Å²) in [5.41, 5.74) is 0. The molecule has 2 aliphatic rings. The summed E-state index contributed by atoms with van der Waals surface area (Å²) in [6.45, 7) is -0.219. The lowest BCUT2D eigenvalue weighted by Gasteiger charge is -2.30. The van der Waals surface area contributed by atoms with Crippen molar-refractivity contribution in [2.75, 3.05) is 42.2 Å². The maximum atomic E-state index is 12.8. The van der Waals surface area contributed by atoms with Gasteiger partial charge in [-0.1, -0.05) is 6.42 Å². The van der Waals surface area contributed by atoms with Crippen LogP contribution in [0, 0.1) is 5.92 Å². The number of phosphoric ester groups is 2. The fraction of sp³-hybridized carbons (Fsp3) is 1.00. The van der Waals surface area contributed by atoms with Crippen LogP contribution in [0.3, 0.4) is 0 Å². The van der Waals surface area contributed by atoms with E-state index in [1.54, 1.807) is 7.11 Å². The van der Waals surface area contributed by atoms with Crippen molar-refractivity contribution in [2.24, 2.45) is 5.92 Å². The number of hydrogen-bond donors (Lipinski definition) is 0. The molecule has 1 heterocycles. The maximum absolute atomic E-state index is 12.8. The van der Waals surface area contributed by atoms with Crippen molar-refractivity contribution >= 4 is 31.9 Å². The maximum Gasteiger partial charge on any atom is 0.492 e. The van der Waals surface area contributed by atoms with E-state index in [1.807, 2.05) is 0 Å². The standard InChI is InChI=1S/C14H29O12P3.B/c1-18-13-9-12(11-7-6-8-11)24-14(13)10-23-28(16,21-4)26-29(17,22-5)25-27(15,19-2)20-3;/h11-14H,6-10H2,1-5H3;/t12-,13?,14-,28?,29?;/m1./s1. The summed E-state index contributed by atoms with van der Waals surface area (Å²) in [5, 5.41) is 0. The Morgan fingerprint density at radius 1 is 0.833 bits per heavy atom. The van der Waals surface area contributed by atoms with Crippen molar-refractivity contribution < 1.29 is 54.4 Å². The number of methoxy groups -OCH3 is 1. The molecule has 3 unspecified atom stereocenters. The Hall–Kier alpha value is 0.395. The molecule has 1 saturated carbocycles. The van der Waals surface area contributed by atoms with Crippen molar-refractivity contribution in [3.8, 4) is 0 Å². The lowest BCUT2D eigenvalue weighted by atomic mass is 9.80. The van der Waals surface area contributed by atoms with Crippen LogP contribution in [-0.2, 0) is 54.4 Å². The second kappa shape index (κ2) is 12.0. The zero-order chi connectivity index (χ0) is 21.7. The third-order valence-electron chi connectivity index (χ3n) is 4.90. The van der Waals surface area contributed by atoms with Gasteiger partial charge < -0.3 is 9.47 Å². The highest BCUT2D eigenvalue weighted by Gasteiger charge is 2.47. The van der Waals surface area contributed by atoms with Crippen molar-refractivity contribution in [3.05, 3.63) is 0 Å². The second-order valence-corrected chi connectivity index (χ2v) is 12.2. The lowest BCUT2D eigenvalue weighted by molar-refractivity contribution is -0.0559. The zero-order valence-corrected chi connectivity index (χ0v) is 20.3. The minimum absolute atomic E-state index is 0. The van der Waals surface area contributed by atoms with E-state index in [9.17, 15) is 13.7 Å². The highest BCUT2D eigenvalue weighted by Crippen LogP contribution is 2.72. The van der Waals surface area contributed by atoms with Crippen LogP contribution in [0.25, 0.3) is 0 Å². The Bertz CT molecular complexity index is 667. The van der Waals surface area contributed by atoms with Crippen LogP contribution >= 0.6 is 23.5 Å². The molecule has 0 amide bonds. The molecule has 16 heteroatoms. The molecule has 5 atom stereocenters. The van der Waals surface area contributed by atoms with E-state index in [1.165, 1.54) is 6.42 Å². The van der Waals surface area contributed by atoms with Crippen LogP contribution in [-0.4, -0.2) is 68.9 Å². The number of ether oxygens (including phenoxy) is 2. The molecule has 0 aromatic carbocycles. The monoisotopic (exact) mass is 493 g/mol. The van der Waals surface area contributed by atoms with Gasteiger partial charge in [0.2, 0.25) is 0 Å². The lowest BCUT2D eigenvalue weighted by Crippen LogP contribution is -2.29. The zero-order valence-electron chi connectivity index (χ0n) is 17.7. The normalized spacial score (nSPS) is 28.9. The summed E-state index contributed by atoms with van der Waals surface area (Å²) in [6.07, 6.45) is 3.31. The van der Waals surface area contributed by atoms with Gasteiger partial charge in [0.1, 0.15) is 6.10 Å². The van der Waals surface area contributed by atoms with E-state index < -0.39 is 29.6 Å². The van der Waals surface area contributed by atoms with Gasteiger partial charge in [0, 0.05) is 50.4 Å². The molecular formula is C14H29BO12P3. The van der Waals surface area contributed by atoms with Gasteiger partial charge >= 0.3 is 23.5 Å². The smallest absolute Gasteiger partial charge is 0.379 e. The molecule has 0 aromatic rings. The number of rotatable bonds is 13. The average Bonchev–Trinajstić information content (AvgIpc) is 3.07. The highest BCUT2D eigenvalue weighted by atomic mass is 31.3. The van der Waals surface area contributed by atoms with Crippen LogP contribution < -0.4 is 0 Å². The molecule has 0 bridgehead atoms. The van der Waals surface area contributed by atoms with Gasteiger partial charge in [-0.2, -0.15) is 8.62 Å². The molecule has 2 rings (SSSR count). The summed E-state index contributed by atoms with van der Waals surface area (Å²) in [5.74, 6) is 0.475. The van der Waals surface area contributed by atoms with E-state index in [2.05, 4.69) is 17.9 Å². The Morgan fingerprint density at radius 3 is 1.80 bits per heavy atom. The van der Waals surface area contributed by atoms with Gasteiger partial charge in [-0.25, -0.2) is 13.7 Å². The molecular weight excluding hydrogens is 464 g/mol. The fourth-order valence-corrected chi connectivity index (χ4v) is 7.45. The van der Waals surface area contributed by atoms with Crippen LogP contribution in [0.2, 0.25) is 0 Å². The van der Waals surface area contributed by atoms with Crippen molar-refractivity contribution in [1.82, 2.24) is 0 Å². The second-order valence-electron chi connectivity index (χ2n) is 6.44. The quantitative estimate of drug-likeness (QED) is 0.274. The van der Waals surface area contributed by atoms with Crippen molar-refractivity contribution in [3.63, 3.8) is 0 Å². The van der Waals surface area contributed by atoms with Gasteiger partial charge in [-0.3, -0.25) is 22.6 Å². The molecule has 1 saturated heterocycles. The Labute approximate surface area is 178 Å². The van der Waals surface area contributed by atoms with Gasteiger partial charge in [0.05, 0.1) is 18.8 Å². The van der Waals surface area contributed by atoms with E-state index in [0.717, 1.165) is 41.3 Å². The summed E-state index contributed by atoms with van der Waals surface area (Å²) in [6, 6.07) is 0. The van der Waals surface area contributed by atoms with E-state index in [4.69, 9.17) is 22.8 Å². The molecule has 1 aliphatic heterocycles. The third-order valence-corrected chi connectivity index (χ3v) is 10.4. The molecule has 0 aromatic heterocycles. The minimum Gasteiger partial charge on any atom is -0.379 e. The van der Waals surface area contributed by atoms with E-state index in [0.29, 0.717) is 12.3 Å². The van der Waals surface area contributed by atoms with E-state index >= 15 is 0 Å². The Kier molecular flexibility index (Phi) is 11.4. The number of phosphoric acid groups is 3. The number of hydrogen-bond acceptors (Lipinski definition) is 12. The van der Waals surface area contributed by atoms with Gasteiger partial charge in [0.25, 0.3) is 0 Å². The SMILES string of the molecule is COC1C[C@H](C2CCC2)O[C@@H]1COP(=O)(OC)OP(=O)(OC)OP(=O)(OC)OC.[B]. The van der Waals surface area contributed by atoms with Crippen LogP contribution in [0.5, 0.6) is 0 Å². The third kappa shape index (κ3) is 7.20. The minimum atomic E-state index is -4.70. The van der Waals surface area contributed by atoms with Crippen molar-refractivity contribution in [2.45, 2.75) is 44.0 Å². The molecule has 3 radical (unpaired) electrons. The fourth-order valence-electron chi connectivity index (χ4n) is 3.00. The Balaban J connectivity index is 0.00000450. The van der Waals surface area contributed by atoms with Gasteiger partial charge in [0.15, 0.2) is 0 Å². The molecule has 0 N–H and O–H groups in total. The first kappa shape index (κ1) is 28.4. The average molecular weight is 493 g/mol. The molecule has 2 fully saturated rings. The first-order valence-corrected chi connectivity index (χ1v) is 13.3. The van der Waals surface area contributed by atoms with Crippen LogP contribution in [0.15, 0.2) is 0 Å². The summed E-state index contributed by atoms with van der Waals surface area (Å²) >= 11 is 0. The topological polar surface area (TPSA) is 134 Å². The molecule has 0 spiro atoms. The van der Waals surface area contributed by atoms with Gasteiger partial charge in [-0.05, 0) is 18.8 Å². The Morgan fingerprint density at radius 2 is 1.37 bits per heavy atom. The van der Waals surface area contributed by atoms with Crippen LogP contribution in [0.4, 0.5) is 0 Å². The summed E-state index contributed by atoms with van der Waals surface area (Å²) < 4.78 is 82.1. The summed E-state index contributed by atoms with van der Waals surface area (Å²) in [7, 11) is -7.93.